The Labute approximate surface area is 118 Å². The van der Waals surface area contributed by atoms with Gasteiger partial charge in [0.2, 0.25) is 0 Å². The van der Waals surface area contributed by atoms with Crippen LogP contribution >= 0.6 is 0 Å². The molecule has 0 spiro atoms. The molecule has 0 saturated carbocycles. The maximum absolute atomic E-state index is 13.7. The predicted molar refractivity (Wildman–Crippen MR) is 71.8 cm³/mol. The van der Waals surface area contributed by atoms with E-state index in [-0.39, 0.29) is 28.6 Å². The Balaban J connectivity index is 2.08. The van der Waals surface area contributed by atoms with Crippen LogP contribution in [0.1, 0.15) is 0 Å². The zero-order valence-electron chi connectivity index (χ0n) is 10.6. The van der Waals surface area contributed by atoms with E-state index in [1.165, 1.54) is 36.4 Å². The zero-order chi connectivity index (χ0) is 14.8. The summed E-state index contributed by atoms with van der Waals surface area (Å²) < 4.78 is 19.0. The van der Waals surface area contributed by atoms with Crippen LogP contribution in [0, 0.1) is 15.9 Å². The summed E-state index contributed by atoms with van der Waals surface area (Å²) in [4.78, 5) is 10.4. The Bertz CT molecular complexity index is 816. The molecular formula is C14H8FN3O3. The Morgan fingerprint density at radius 3 is 2.19 bits per heavy atom. The second-order valence-electron chi connectivity index (χ2n) is 4.17. The van der Waals surface area contributed by atoms with Gasteiger partial charge in [0.1, 0.15) is 11.4 Å². The molecule has 0 amide bonds. The SMILES string of the molecule is O=[N+]([O-])c1ccccc1-c1nnc(-c2ccccc2F)o1. The zero-order valence-corrected chi connectivity index (χ0v) is 10.6. The standard InChI is InChI=1S/C14H8FN3O3/c15-11-7-3-1-5-9(11)13-16-17-14(21-13)10-6-2-4-8-12(10)18(19)20/h1-8H. The lowest BCUT2D eigenvalue weighted by molar-refractivity contribution is -0.384. The van der Waals surface area contributed by atoms with Gasteiger partial charge in [-0.3, -0.25) is 10.1 Å². The summed E-state index contributed by atoms with van der Waals surface area (Å²) >= 11 is 0. The van der Waals surface area contributed by atoms with Crippen LogP contribution in [0.2, 0.25) is 0 Å². The highest BCUT2D eigenvalue weighted by Gasteiger charge is 2.20. The van der Waals surface area contributed by atoms with E-state index < -0.39 is 10.7 Å². The molecule has 0 aliphatic rings. The maximum atomic E-state index is 13.7. The number of nitrogens with zero attached hydrogens (tertiary/aromatic N) is 3. The summed E-state index contributed by atoms with van der Waals surface area (Å²) in [6.07, 6.45) is 0. The molecule has 0 saturated heterocycles. The van der Waals surface area contributed by atoms with E-state index in [4.69, 9.17) is 4.42 Å². The quantitative estimate of drug-likeness (QED) is 0.543. The van der Waals surface area contributed by atoms with Crippen molar-refractivity contribution in [3.05, 3.63) is 64.5 Å². The van der Waals surface area contributed by atoms with Crippen LogP contribution in [0.4, 0.5) is 10.1 Å². The third-order valence-corrected chi connectivity index (χ3v) is 2.86. The second kappa shape index (κ2) is 5.12. The van der Waals surface area contributed by atoms with Gasteiger partial charge in [-0.15, -0.1) is 10.2 Å². The molecule has 0 radical (unpaired) electrons. The highest BCUT2D eigenvalue weighted by Crippen LogP contribution is 2.31. The van der Waals surface area contributed by atoms with E-state index in [1.807, 2.05) is 0 Å². The average Bonchev–Trinajstić information content (AvgIpc) is 2.97. The van der Waals surface area contributed by atoms with Crippen molar-refractivity contribution in [2.24, 2.45) is 0 Å². The topological polar surface area (TPSA) is 82.1 Å². The molecule has 0 N–H and O–H groups in total. The molecule has 0 fully saturated rings. The molecule has 1 heterocycles. The number of nitro benzene ring substituents is 1. The van der Waals surface area contributed by atoms with Crippen LogP contribution in [0.5, 0.6) is 0 Å². The van der Waals surface area contributed by atoms with E-state index in [0.29, 0.717) is 0 Å². The van der Waals surface area contributed by atoms with Crippen LogP contribution < -0.4 is 0 Å². The molecule has 104 valence electrons. The fourth-order valence-corrected chi connectivity index (χ4v) is 1.89. The highest BCUT2D eigenvalue weighted by atomic mass is 19.1. The van der Waals surface area contributed by atoms with Crippen molar-refractivity contribution in [1.29, 1.82) is 0 Å². The monoisotopic (exact) mass is 285 g/mol. The maximum Gasteiger partial charge on any atom is 0.282 e. The van der Waals surface area contributed by atoms with Gasteiger partial charge in [-0.2, -0.15) is 0 Å². The minimum absolute atomic E-state index is 0.0266. The van der Waals surface area contributed by atoms with Crippen LogP contribution in [0.15, 0.2) is 52.9 Å². The van der Waals surface area contributed by atoms with E-state index in [0.717, 1.165) is 0 Å². The van der Waals surface area contributed by atoms with Gasteiger partial charge in [-0.1, -0.05) is 24.3 Å². The van der Waals surface area contributed by atoms with E-state index in [1.54, 1.807) is 12.1 Å². The lowest BCUT2D eigenvalue weighted by atomic mass is 10.2. The first-order valence-electron chi connectivity index (χ1n) is 5.99. The number of hydrogen-bond acceptors (Lipinski definition) is 5. The van der Waals surface area contributed by atoms with Crippen molar-refractivity contribution in [3.63, 3.8) is 0 Å². The fourth-order valence-electron chi connectivity index (χ4n) is 1.89. The van der Waals surface area contributed by atoms with E-state index >= 15 is 0 Å². The largest absolute Gasteiger partial charge is 0.416 e. The summed E-state index contributed by atoms with van der Waals surface area (Å²) in [6, 6.07) is 11.9. The van der Waals surface area contributed by atoms with Crippen LogP contribution in [0.25, 0.3) is 22.9 Å². The fraction of sp³-hybridized carbons (Fsp3) is 0. The smallest absolute Gasteiger partial charge is 0.282 e. The van der Waals surface area contributed by atoms with Crippen LogP contribution in [0.3, 0.4) is 0 Å². The first-order valence-corrected chi connectivity index (χ1v) is 5.99. The van der Waals surface area contributed by atoms with Crippen molar-refractivity contribution in [1.82, 2.24) is 10.2 Å². The lowest BCUT2D eigenvalue weighted by Crippen LogP contribution is -1.91. The molecule has 0 aliphatic carbocycles. The van der Waals surface area contributed by atoms with E-state index in [9.17, 15) is 14.5 Å². The molecule has 0 aliphatic heterocycles. The van der Waals surface area contributed by atoms with Gasteiger partial charge in [0.05, 0.1) is 10.5 Å². The van der Waals surface area contributed by atoms with Crippen LogP contribution in [-0.4, -0.2) is 15.1 Å². The summed E-state index contributed by atoms with van der Waals surface area (Å²) in [5, 5.41) is 18.5. The molecule has 7 heteroatoms. The van der Waals surface area contributed by atoms with Gasteiger partial charge < -0.3 is 4.42 Å². The number of aromatic nitrogens is 2. The Morgan fingerprint density at radius 2 is 1.52 bits per heavy atom. The highest BCUT2D eigenvalue weighted by molar-refractivity contribution is 5.67. The third kappa shape index (κ3) is 2.36. The van der Waals surface area contributed by atoms with Crippen molar-refractivity contribution in [2.75, 3.05) is 0 Å². The molecule has 1 aromatic heterocycles. The number of benzene rings is 2. The lowest BCUT2D eigenvalue weighted by Gasteiger charge is -1.97. The molecule has 2 aromatic carbocycles. The van der Waals surface area contributed by atoms with Crippen molar-refractivity contribution in [2.45, 2.75) is 0 Å². The number of nitro groups is 1. The summed E-state index contributed by atoms with van der Waals surface area (Å²) in [5.74, 6) is -0.558. The number of rotatable bonds is 3. The normalized spacial score (nSPS) is 10.5. The first kappa shape index (κ1) is 12.9. The predicted octanol–water partition coefficient (Wildman–Crippen LogP) is 3.45. The second-order valence-corrected chi connectivity index (χ2v) is 4.17. The Morgan fingerprint density at radius 1 is 0.952 bits per heavy atom. The van der Waals surface area contributed by atoms with E-state index in [2.05, 4.69) is 10.2 Å². The molecule has 21 heavy (non-hydrogen) atoms. The molecule has 3 aromatic rings. The van der Waals surface area contributed by atoms with Gasteiger partial charge in [-0.25, -0.2) is 4.39 Å². The number of halogens is 1. The summed E-state index contributed by atoms with van der Waals surface area (Å²) in [6.45, 7) is 0. The third-order valence-electron chi connectivity index (χ3n) is 2.86. The number of para-hydroxylation sites is 1. The molecular weight excluding hydrogens is 277 g/mol. The molecule has 6 nitrogen and oxygen atoms in total. The van der Waals surface area contributed by atoms with Gasteiger partial charge in [0, 0.05) is 6.07 Å². The summed E-state index contributed by atoms with van der Waals surface area (Å²) in [5.41, 5.74) is 0.189. The van der Waals surface area contributed by atoms with Crippen LogP contribution in [-0.2, 0) is 0 Å². The van der Waals surface area contributed by atoms with Crippen molar-refractivity contribution >= 4 is 5.69 Å². The Hall–Kier alpha value is -3.09. The molecule has 0 atom stereocenters. The summed E-state index contributed by atoms with van der Waals surface area (Å²) in [7, 11) is 0. The minimum atomic E-state index is -0.539. The van der Waals surface area contributed by atoms with Gasteiger partial charge in [0.25, 0.3) is 17.5 Å². The van der Waals surface area contributed by atoms with Gasteiger partial charge in [0.15, 0.2) is 0 Å². The molecule has 3 rings (SSSR count). The molecule has 0 unspecified atom stereocenters. The van der Waals surface area contributed by atoms with Crippen molar-refractivity contribution in [3.8, 4) is 22.9 Å². The van der Waals surface area contributed by atoms with Crippen molar-refractivity contribution < 1.29 is 13.7 Å². The minimum Gasteiger partial charge on any atom is -0.416 e. The average molecular weight is 285 g/mol. The van der Waals surface area contributed by atoms with Gasteiger partial charge in [-0.05, 0) is 18.2 Å². The first-order chi connectivity index (χ1) is 10.2. The molecule has 0 bridgehead atoms. The number of hydrogen-bond donors (Lipinski definition) is 0. The Kier molecular flexibility index (Phi) is 3.15. The van der Waals surface area contributed by atoms with Gasteiger partial charge >= 0.3 is 0 Å².